The Bertz CT molecular complexity index is 856. The minimum absolute atomic E-state index is 0.144. The number of hydrogen-bond acceptors (Lipinski definition) is 7. The molecule has 0 fully saturated rings. The lowest BCUT2D eigenvalue weighted by atomic mass is 10.2. The highest BCUT2D eigenvalue weighted by atomic mass is 32.2. The van der Waals surface area contributed by atoms with Gasteiger partial charge in [-0.25, -0.2) is 13.1 Å². The number of anilines is 1. The van der Waals surface area contributed by atoms with E-state index in [0.717, 1.165) is 11.6 Å². The second kappa shape index (κ2) is 8.70. The van der Waals surface area contributed by atoms with Crippen molar-refractivity contribution in [2.45, 2.75) is 11.4 Å². The number of rotatable bonds is 9. The van der Waals surface area contributed by atoms with Crippen LogP contribution < -0.4 is 10.0 Å². The summed E-state index contributed by atoms with van der Waals surface area (Å²) in [6.45, 7) is 1.07. The van der Waals surface area contributed by atoms with E-state index in [9.17, 15) is 18.5 Å². The third kappa shape index (κ3) is 5.48. The molecule has 2 aromatic rings. The van der Waals surface area contributed by atoms with E-state index < -0.39 is 14.9 Å². The standard InChI is InChI=1S/C16H21N5O4S/c1-20(2)9-8-19-26(24,25)14-5-6-15(16(10-14)21(22)23)18-12-13-4-3-7-17-11-13/h3-7,10-11,18-19H,8-9,12H2,1-2H3. The molecular formula is C16H21N5O4S. The molecule has 140 valence electrons. The quantitative estimate of drug-likeness (QED) is 0.500. The fourth-order valence-corrected chi connectivity index (χ4v) is 3.21. The summed E-state index contributed by atoms with van der Waals surface area (Å²) in [6.07, 6.45) is 3.28. The van der Waals surface area contributed by atoms with Gasteiger partial charge in [0.1, 0.15) is 5.69 Å². The molecule has 1 aromatic carbocycles. The molecule has 0 aliphatic rings. The zero-order valence-electron chi connectivity index (χ0n) is 14.5. The summed E-state index contributed by atoms with van der Waals surface area (Å²) >= 11 is 0. The van der Waals surface area contributed by atoms with E-state index in [1.807, 2.05) is 25.1 Å². The zero-order valence-corrected chi connectivity index (χ0v) is 15.4. The lowest BCUT2D eigenvalue weighted by molar-refractivity contribution is -0.384. The van der Waals surface area contributed by atoms with Gasteiger partial charge in [-0.15, -0.1) is 0 Å². The Labute approximate surface area is 152 Å². The molecule has 0 radical (unpaired) electrons. The first-order valence-electron chi connectivity index (χ1n) is 7.85. The van der Waals surface area contributed by atoms with Gasteiger partial charge in [0, 0.05) is 38.1 Å². The van der Waals surface area contributed by atoms with E-state index in [0.29, 0.717) is 13.1 Å². The van der Waals surface area contributed by atoms with Gasteiger partial charge >= 0.3 is 0 Å². The molecule has 2 rings (SSSR count). The molecule has 1 heterocycles. The van der Waals surface area contributed by atoms with Crippen LogP contribution >= 0.6 is 0 Å². The molecule has 26 heavy (non-hydrogen) atoms. The third-order valence-electron chi connectivity index (χ3n) is 3.53. The predicted octanol–water partition coefficient (Wildman–Crippen LogP) is 1.44. The van der Waals surface area contributed by atoms with Crippen LogP contribution in [0.3, 0.4) is 0 Å². The molecule has 0 aliphatic heterocycles. The van der Waals surface area contributed by atoms with Crippen molar-refractivity contribution in [3.8, 4) is 0 Å². The summed E-state index contributed by atoms with van der Waals surface area (Å²) in [5.41, 5.74) is 0.791. The van der Waals surface area contributed by atoms with Crippen molar-refractivity contribution in [2.24, 2.45) is 0 Å². The highest BCUT2D eigenvalue weighted by Crippen LogP contribution is 2.28. The Morgan fingerprint density at radius 3 is 2.65 bits per heavy atom. The molecule has 0 bridgehead atoms. The number of nitro benzene ring substituents is 1. The topological polar surface area (TPSA) is 117 Å². The molecular weight excluding hydrogens is 358 g/mol. The minimum Gasteiger partial charge on any atom is -0.375 e. The van der Waals surface area contributed by atoms with Gasteiger partial charge in [-0.1, -0.05) is 6.07 Å². The molecule has 0 spiro atoms. The zero-order chi connectivity index (χ0) is 19.2. The van der Waals surface area contributed by atoms with Crippen molar-refractivity contribution in [3.05, 3.63) is 58.4 Å². The molecule has 0 amide bonds. The van der Waals surface area contributed by atoms with E-state index in [1.165, 1.54) is 12.1 Å². The molecule has 0 saturated heterocycles. The molecule has 1 aromatic heterocycles. The summed E-state index contributed by atoms with van der Waals surface area (Å²) in [5.74, 6) is 0. The smallest absolute Gasteiger partial charge is 0.293 e. The molecule has 0 aliphatic carbocycles. The Hall–Kier alpha value is -2.56. The second-order valence-corrected chi connectivity index (χ2v) is 7.62. The maximum atomic E-state index is 12.3. The molecule has 0 atom stereocenters. The number of nitro groups is 1. The van der Waals surface area contributed by atoms with Crippen LogP contribution in [0.25, 0.3) is 0 Å². The number of aromatic nitrogens is 1. The van der Waals surface area contributed by atoms with Crippen molar-refractivity contribution >= 4 is 21.4 Å². The van der Waals surface area contributed by atoms with Crippen molar-refractivity contribution in [1.82, 2.24) is 14.6 Å². The molecule has 9 nitrogen and oxygen atoms in total. The van der Waals surface area contributed by atoms with Crippen LogP contribution in [0, 0.1) is 10.1 Å². The average Bonchev–Trinajstić information content (AvgIpc) is 2.60. The van der Waals surface area contributed by atoms with E-state index >= 15 is 0 Å². The molecule has 0 unspecified atom stereocenters. The maximum absolute atomic E-state index is 12.3. The summed E-state index contributed by atoms with van der Waals surface area (Å²) in [4.78, 5) is 16.4. The van der Waals surface area contributed by atoms with Crippen molar-refractivity contribution in [2.75, 3.05) is 32.5 Å². The fourth-order valence-electron chi connectivity index (χ4n) is 2.17. The number of nitrogens with one attached hydrogen (secondary N) is 2. The van der Waals surface area contributed by atoms with Gasteiger partial charge in [-0.3, -0.25) is 15.1 Å². The number of hydrogen-bond donors (Lipinski definition) is 2. The van der Waals surface area contributed by atoms with Gasteiger partial charge in [0.2, 0.25) is 10.0 Å². The Balaban J connectivity index is 2.18. The largest absolute Gasteiger partial charge is 0.375 e. The number of benzene rings is 1. The first-order valence-corrected chi connectivity index (χ1v) is 9.33. The van der Waals surface area contributed by atoms with Gasteiger partial charge in [-0.2, -0.15) is 0 Å². The summed E-state index contributed by atoms with van der Waals surface area (Å²) in [6, 6.07) is 7.40. The van der Waals surface area contributed by atoms with Crippen molar-refractivity contribution in [1.29, 1.82) is 0 Å². The maximum Gasteiger partial charge on any atom is 0.293 e. The van der Waals surface area contributed by atoms with Gasteiger partial charge in [0.15, 0.2) is 0 Å². The Morgan fingerprint density at radius 2 is 2.04 bits per heavy atom. The van der Waals surface area contributed by atoms with Crippen LogP contribution in [-0.4, -0.2) is 50.4 Å². The lowest BCUT2D eigenvalue weighted by Gasteiger charge is -2.12. The first kappa shape index (κ1) is 19.8. The fraction of sp³-hybridized carbons (Fsp3) is 0.312. The predicted molar refractivity (Wildman–Crippen MR) is 98.4 cm³/mol. The van der Waals surface area contributed by atoms with Crippen LogP contribution in [-0.2, 0) is 16.6 Å². The van der Waals surface area contributed by atoms with Crippen LogP contribution in [0.4, 0.5) is 11.4 Å². The highest BCUT2D eigenvalue weighted by molar-refractivity contribution is 7.89. The third-order valence-corrected chi connectivity index (χ3v) is 4.99. The van der Waals surface area contributed by atoms with Crippen LogP contribution in [0.5, 0.6) is 0 Å². The van der Waals surface area contributed by atoms with E-state index in [-0.39, 0.29) is 22.8 Å². The summed E-state index contributed by atoms with van der Waals surface area (Å²) in [5, 5.41) is 14.3. The second-order valence-electron chi connectivity index (χ2n) is 5.85. The number of sulfonamides is 1. The number of likely N-dealkylation sites (N-methyl/N-ethyl adjacent to an activating group) is 1. The molecule has 2 N–H and O–H groups in total. The highest BCUT2D eigenvalue weighted by Gasteiger charge is 2.21. The van der Waals surface area contributed by atoms with E-state index in [4.69, 9.17) is 0 Å². The van der Waals surface area contributed by atoms with Crippen molar-refractivity contribution < 1.29 is 13.3 Å². The van der Waals surface area contributed by atoms with Gasteiger partial charge in [0.05, 0.1) is 9.82 Å². The summed E-state index contributed by atoms with van der Waals surface area (Å²) < 4.78 is 27.0. The normalized spacial score (nSPS) is 11.5. The Kier molecular flexibility index (Phi) is 6.61. The van der Waals surface area contributed by atoms with Gasteiger partial charge < -0.3 is 10.2 Å². The van der Waals surface area contributed by atoms with E-state index in [1.54, 1.807) is 18.5 Å². The monoisotopic (exact) mass is 379 g/mol. The van der Waals surface area contributed by atoms with Crippen LogP contribution in [0.2, 0.25) is 0 Å². The van der Waals surface area contributed by atoms with Crippen molar-refractivity contribution in [3.63, 3.8) is 0 Å². The molecule has 0 saturated carbocycles. The summed E-state index contributed by atoms with van der Waals surface area (Å²) in [7, 11) is -0.172. The van der Waals surface area contributed by atoms with Gasteiger partial charge in [-0.05, 0) is 37.9 Å². The SMILES string of the molecule is CN(C)CCNS(=O)(=O)c1ccc(NCc2cccnc2)c([N+](=O)[O-])c1. The minimum atomic E-state index is -3.81. The van der Waals surface area contributed by atoms with Gasteiger partial charge in [0.25, 0.3) is 5.69 Å². The first-order chi connectivity index (χ1) is 12.3. The Morgan fingerprint density at radius 1 is 1.27 bits per heavy atom. The number of pyridine rings is 1. The number of nitrogens with zero attached hydrogens (tertiary/aromatic N) is 3. The molecule has 10 heteroatoms. The van der Waals surface area contributed by atoms with Crippen LogP contribution in [0.15, 0.2) is 47.6 Å². The lowest BCUT2D eigenvalue weighted by Crippen LogP contribution is -2.31. The average molecular weight is 379 g/mol. The van der Waals surface area contributed by atoms with E-state index in [2.05, 4.69) is 15.0 Å². The van der Waals surface area contributed by atoms with Crippen LogP contribution in [0.1, 0.15) is 5.56 Å².